The van der Waals surface area contributed by atoms with Crippen molar-refractivity contribution < 1.29 is 9.15 Å². The molecule has 0 saturated carbocycles. The molecule has 1 aliphatic heterocycles. The molecule has 0 bridgehead atoms. The Hall–Kier alpha value is -3.00. The third-order valence-corrected chi connectivity index (χ3v) is 4.21. The highest BCUT2D eigenvalue weighted by Gasteiger charge is 2.21. The zero-order valence-corrected chi connectivity index (χ0v) is 12.8. The summed E-state index contributed by atoms with van der Waals surface area (Å²) in [5.74, 6) is 1.38. The molecule has 120 valence electrons. The monoisotopic (exact) mass is 322 g/mol. The molecular weight excluding hydrogens is 308 g/mol. The van der Waals surface area contributed by atoms with Gasteiger partial charge in [0.05, 0.1) is 24.9 Å². The number of hydrogen-bond acceptors (Lipinski definition) is 7. The Morgan fingerprint density at radius 1 is 1.12 bits per heavy atom. The van der Waals surface area contributed by atoms with Crippen molar-refractivity contribution >= 4 is 28.0 Å². The summed E-state index contributed by atoms with van der Waals surface area (Å²) in [5.41, 5.74) is 3.03. The molecule has 0 spiro atoms. The van der Waals surface area contributed by atoms with E-state index in [1.54, 1.807) is 6.20 Å². The van der Waals surface area contributed by atoms with E-state index >= 15 is 0 Å². The van der Waals surface area contributed by atoms with Gasteiger partial charge in [-0.3, -0.25) is 5.10 Å². The summed E-state index contributed by atoms with van der Waals surface area (Å²) in [7, 11) is 0. The van der Waals surface area contributed by atoms with Gasteiger partial charge in [0.25, 0.3) is 0 Å². The predicted octanol–water partition coefficient (Wildman–Crippen LogP) is 2.00. The Balaban J connectivity index is 1.73. The van der Waals surface area contributed by atoms with Crippen molar-refractivity contribution in [1.82, 2.24) is 25.1 Å². The van der Waals surface area contributed by atoms with Crippen molar-refractivity contribution in [2.45, 2.75) is 0 Å². The number of hydrogen-bond donors (Lipinski definition) is 1. The highest BCUT2D eigenvalue weighted by atomic mass is 16.5. The first-order valence-corrected chi connectivity index (χ1v) is 7.76. The highest BCUT2D eigenvalue weighted by molar-refractivity contribution is 5.94. The molecule has 1 fully saturated rings. The molecule has 0 radical (unpaired) electrons. The molecule has 4 heterocycles. The largest absolute Gasteiger partial charge is 0.438 e. The lowest BCUT2D eigenvalue weighted by molar-refractivity contribution is 0.122. The summed E-state index contributed by atoms with van der Waals surface area (Å²) in [5, 5.41) is 8.06. The molecule has 1 aromatic carbocycles. The van der Waals surface area contributed by atoms with E-state index < -0.39 is 0 Å². The second-order valence-corrected chi connectivity index (χ2v) is 5.61. The van der Waals surface area contributed by atoms with E-state index in [-0.39, 0.29) is 0 Å². The van der Waals surface area contributed by atoms with E-state index in [2.05, 4.69) is 25.1 Å². The number of benzene rings is 1. The molecule has 0 aliphatic carbocycles. The molecule has 3 aromatic heterocycles. The number of nitrogens with zero attached hydrogens (tertiary/aromatic N) is 5. The lowest BCUT2D eigenvalue weighted by atomic mass is 10.1. The highest BCUT2D eigenvalue weighted by Crippen LogP contribution is 2.30. The molecule has 8 heteroatoms. The Morgan fingerprint density at radius 2 is 2.04 bits per heavy atom. The minimum absolute atomic E-state index is 0.557. The maximum Gasteiger partial charge on any atom is 0.215 e. The number of fused-ring (bicyclic) bond motifs is 2. The van der Waals surface area contributed by atoms with E-state index in [4.69, 9.17) is 14.1 Å². The van der Waals surface area contributed by atoms with Crippen LogP contribution in [-0.4, -0.2) is 51.5 Å². The normalized spacial score (nSPS) is 15.4. The van der Waals surface area contributed by atoms with Gasteiger partial charge >= 0.3 is 0 Å². The average molecular weight is 322 g/mol. The molecule has 5 rings (SSSR count). The SMILES string of the molecule is c1cc(-c2nc(N3CCOCC3)c3ocnc3n2)c2cn[nH]c2c1. The quantitative estimate of drug-likeness (QED) is 0.603. The number of H-pyrrole nitrogens is 1. The van der Waals surface area contributed by atoms with Crippen LogP contribution in [0.4, 0.5) is 5.82 Å². The lowest BCUT2D eigenvalue weighted by Crippen LogP contribution is -2.37. The topological polar surface area (TPSA) is 93.0 Å². The van der Waals surface area contributed by atoms with Crippen LogP contribution in [0.5, 0.6) is 0 Å². The van der Waals surface area contributed by atoms with Crippen molar-refractivity contribution in [2.24, 2.45) is 0 Å². The predicted molar refractivity (Wildman–Crippen MR) is 87.7 cm³/mol. The number of aromatic nitrogens is 5. The third-order valence-electron chi connectivity index (χ3n) is 4.21. The van der Waals surface area contributed by atoms with E-state index in [0.717, 1.165) is 35.4 Å². The number of nitrogens with one attached hydrogen (secondary N) is 1. The van der Waals surface area contributed by atoms with Crippen LogP contribution in [0, 0.1) is 0 Å². The fourth-order valence-electron chi connectivity index (χ4n) is 3.02. The van der Waals surface area contributed by atoms with Crippen LogP contribution in [0.15, 0.2) is 35.2 Å². The van der Waals surface area contributed by atoms with E-state index in [0.29, 0.717) is 30.3 Å². The average Bonchev–Trinajstić information content (AvgIpc) is 3.30. The van der Waals surface area contributed by atoms with Gasteiger partial charge in [-0.15, -0.1) is 0 Å². The summed E-state index contributed by atoms with van der Waals surface area (Å²) >= 11 is 0. The molecular formula is C16H14N6O2. The number of morpholine rings is 1. The summed E-state index contributed by atoms with van der Waals surface area (Å²) < 4.78 is 11.0. The minimum atomic E-state index is 0.557. The van der Waals surface area contributed by atoms with Gasteiger partial charge in [-0.1, -0.05) is 12.1 Å². The van der Waals surface area contributed by atoms with Crippen molar-refractivity contribution in [3.8, 4) is 11.4 Å². The zero-order chi connectivity index (χ0) is 15.9. The maximum atomic E-state index is 5.53. The number of ether oxygens (including phenoxy) is 1. The minimum Gasteiger partial charge on any atom is -0.438 e. The lowest BCUT2D eigenvalue weighted by Gasteiger charge is -2.27. The van der Waals surface area contributed by atoms with Gasteiger partial charge in [0.15, 0.2) is 18.0 Å². The van der Waals surface area contributed by atoms with Crippen LogP contribution >= 0.6 is 0 Å². The van der Waals surface area contributed by atoms with Crippen LogP contribution in [0.1, 0.15) is 0 Å². The van der Waals surface area contributed by atoms with E-state index in [1.807, 2.05) is 18.2 Å². The molecule has 4 aromatic rings. The van der Waals surface area contributed by atoms with E-state index in [9.17, 15) is 0 Å². The molecule has 24 heavy (non-hydrogen) atoms. The number of oxazole rings is 1. The van der Waals surface area contributed by atoms with Gasteiger partial charge in [0.1, 0.15) is 0 Å². The first-order valence-electron chi connectivity index (χ1n) is 7.76. The second kappa shape index (κ2) is 5.27. The molecule has 0 amide bonds. The fourth-order valence-corrected chi connectivity index (χ4v) is 3.02. The van der Waals surface area contributed by atoms with Gasteiger partial charge in [0, 0.05) is 24.0 Å². The first kappa shape index (κ1) is 13.4. The number of aromatic amines is 1. The standard InChI is InChI=1S/C16H14N6O2/c1-2-10(11-8-18-21-12(11)3-1)14-19-15-13(24-9-17-15)16(20-14)22-4-6-23-7-5-22/h1-3,8-9H,4-7H2,(H,18,21). The Morgan fingerprint density at radius 3 is 2.96 bits per heavy atom. The van der Waals surface area contributed by atoms with Crippen molar-refractivity contribution in [2.75, 3.05) is 31.2 Å². The van der Waals surface area contributed by atoms with Crippen molar-refractivity contribution in [3.63, 3.8) is 0 Å². The van der Waals surface area contributed by atoms with Crippen LogP contribution in [-0.2, 0) is 4.74 Å². The molecule has 8 nitrogen and oxygen atoms in total. The van der Waals surface area contributed by atoms with Gasteiger partial charge in [0.2, 0.25) is 11.2 Å². The summed E-state index contributed by atoms with van der Waals surface area (Å²) in [6.45, 7) is 2.88. The summed E-state index contributed by atoms with van der Waals surface area (Å²) in [4.78, 5) is 15.7. The van der Waals surface area contributed by atoms with Crippen molar-refractivity contribution in [3.05, 3.63) is 30.8 Å². The van der Waals surface area contributed by atoms with Crippen LogP contribution in [0.3, 0.4) is 0 Å². The Kier molecular flexibility index (Phi) is 2.95. The maximum absolute atomic E-state index is 5.53. The molecule has 0 atom stereocenters. The van der Waals surface area contributed by atoms with Gasteiger partial charge < -0.3 is 14.1 Å². The third kappa shape index (κ3) is 2.04. The Bertz CT molecular complexity index is 1020. The van der Waals surface area contributed by atoms with Crippen LogP contribution in [0.2, 0.25) is 0 Å². The number of anilines is 1. The Labute approximate surface area is 136 Å². The van der Waals surface area contributed by atoms with Gasteiger partial charge in [-0.05, 0) is 6.07 Å². The molecule has 1 saturated heterocycles. The molecule has 0 unspecified atom stereocenters. The van der Waals surface area contributed by atoms with Crippen molar-refractivity contribution in [1.29, 1.82) is 0 Å². The zero-order valence-electron chi connectivity index (χ0n) is 12.8. The number of rotatable bonds is 2. The van der Waals surface area contributed by atoms with Crippen LogP contribution < -0.4 is 4.90 Å². The molecule has 1 aliphatic rings. The van der Waals surface area contributed by atoms with E-state index in [1.165, 1.54) is 6.39 Å². The first-order chi connectivity index (χ1) is 11.9. The smallest absolute Gasteiger partial charge is 0.215 e. The fraction of sp³-hybridized carbons (Fsp3) is 0.250. The second-order valence-electron chi connectivity index (χ2n) is 5.61. The summed E-state index contributed by atoms with van der Waals surface area (Å²) in [6.07, 6.45) is 3.20. The van der Waals surface area contributed by atoms with Gasteiger partial charge in [-0.25, -0.2) is 9.97 Å². The van der Waals surface area contributed by atoms with Gasteiger partial charge in [-0.2, -0.15) is 10.1 Å². The summed E-state index contributed by atoms with van der Waals surface area (Å²) in [6, 6.07) is 5.92. The molecule has 1 N–H and O–H groups in total. The van der Waals surface area contributed by atoms with Crippen LogP contribution in [0.25, 0.3) is 33.5 Å².